The number of carbonyl (C=O) groups excluding carboxylic acids is 1. The first kappa shape index (κ1) is 9.96. The van der Waals surface area contributed by atoms with Crippen molar-refractivity contribution in [3.63, 3.8) is 0 Å². The molecule has 0 bridgehead atoms. The van der Waals surface area contributed by atoms with Gasteiger partial charge in [-0.15, -0.1) is 0 Å². The largest absolute Gasteiger partial charge is 0.463 e. The highest BCUT2D eigenvalue weighted by atomic mass is 16.6. The number of hydrogen-bond acceptors (Lipinski definition) is 4. The fraction of sp³-hybridized carbons (Fsp3) is 0.154. The summed E-state index contributed by atoms with van der Waals surface area (Å²) in [4.78, 5) is 15.9. The van der Waals surface area contributed by atoms with E-state index in [0.29, 0.717) is 5.56 Å². The van der Waals surface area contributed by atoms with Crippen molar-refractivity contribution in [1.29, 1.82) is 0 Å². The van der Waals surface area contributed by atoms with Gasteiger partial charge in [-0.05, 0) is 6.92 Å². The number of hydrogen-bond donors (Lipinski definition) is 1. The van der Waals surface area contributed by atoms with Gasteiger partial charge in [-0.2, -0.15) is 0 Å². The molecule has 0 atom stereocenters. The summed E-state index contributed by atoms with van der Waals surface area (Å²) < 4.78 is 19.4. The van der Waals surface area contributed by atoms with Crippen molar-refractivity contribution in [2.45, 2.75) is 6.92 Å². The monoisotopic (exact) mass is 235 g/mol. The predicted molar refractivity (Wildman–Crippen MR) is 65.5 cm³/mol. The Bertz CT molecular complexity index is 468. The van der Waals surface area contributed by atoms with E-state index in [1.807, 2.05) is 6.07 Å². The summed E-state index contributed by atoms with van der Waals surface area (Å²) in [5.74, 6) is -0.522. The van der Waals surface area contributed by atoms with E-state index in [-0.39, 0.29) is 12.3 Å². The number of nitrogens with one attached hydrogen (secondary N) is 1. The fourth-order valence-electron chi connectivity index (χ4n) is 1.04. The van der Waals surface area contributed by atoms with Gasteiger partial charge in [-0.25, -0.2) is 10.3 Å². The van der Waals surface area contributed by atoms with Crippen LogP contribution in [-0.4, -0.2) is 12.6 Å². The molecule has 0 saturated heterocycles. The molecular weight excluding hydrogens is 218 g/mol. The highest BCUT2D eigenvalue weighted by molar-refractivity contribution is 5.81. The lowest BCUT2D eigenvalue weighted by Gasteiger charge is -2.07. The van der Waals surface area contributed by atoms with Gasteiger partial charge in [0.25, 0.3) is 0 Å². The summed E-state index contributed by atoms with van der Waals surface area (Å²) in [6.07, 6.45) is 2.20. The molecule has 1 aromatic rings. The number of rotatable bonds is 6. The molecule has 0 spiro atoms. The molecule has 0 aliphatic rings. The lowest BCUT2D eigenvalue weighted by molar-refractivity contribution is -0.137. The van der Waals surface area contributed by atoms with Gasteiger partial charge in [-0.3, -0.25) is 0 Å². The molecule has 1 rings (SSSR count). The number of benzene rings is 1. The highest BCUT2D eigenvalue weighted by Crippen LogP contribution is 2.07. The molecule has 0 aromatic heterocycles. The lowest BCUT2D eigenvalue weighted by Crippen LogP contribution is -2.09. The van der Waals surface area contributed by atoms with Crippen molar-refractivity contribution in [3.8, 4) is 0 Å². The first-order chi connectivity index (χ1) is 9.15. The second-order valence-electron chi connectivity index (χ2n) is 3.02. The van der Waals surface area contributed by atoms with E-state index in [1.165, 1.54) is 0 Å². The third kappa shape index (κ3) is 4.88. The molecule has 17 heavy (non-hydrogen) atoms. The zero-order valence-electron chi connectivity index (χ0n) is 11.5. The minimum absolute atomic E-state index is 0.203. The first-order valence-electron chi connectivity index (χ1n) is 6.13. The molecule has 0 heterocycles. The second kappa shape index (κ2) is 7.11. The van der Waals surface area contributed by atoms with Gasteiger partial charge in [-0.1, -0.05) is 36.9 Å². The van der Waals surface area contributed by atoms with Crippen LogP contribution in [0.1, 0.15) is 15.2 Å². The average molecular weight is 235 g/mol. The molecule has 0 radical (unpaired) electrons. The topological polar surface area (TPSA) is 47.6 Å². The van der Waals surface area contributed by atoms with Crippen LogP contribution >= 0.6 is 0 Å². The summed E-state index contributed by atoms with van der Waals surface area (Å²) in [6.45, 7) is 1.57. The summed E-state index contributed by atoms with van der Waals surface area (Å²) in [5.41, 5.74) is 3.29. The second-order valence-corrected chi connectivity index (χ2v) is 3.02. The molecule has 4 nitrogen and oxygen atoms in total. The zero-order valence-corrected chi connectivity index (χ0v) is 9.47. The van der Waals surface area contributed by atoms with Crippen molar-refractivity contribution in [2.24, 2.45) is 0 Å². The smallest absolute Gasteiger partial charge is 0.333 e. The Morgan fingerprint density at radius 2 is 2.29 bits per heavy atom. The minimum Gasteiger partial charge on any atom is -0.463 e. The van der Waals surface area contributed by atoms with Crippen molar-refractivity contribution in [3.05, 3.63) is 54.8 Å². The van der Waals surface area contributed by atoms with E-state index < -0.39 is 12.5 Å². The van der Waals surface area contributed by atoms with Crippen LogP contribution in [0.3, 0.4) is 0 Å². The summed E-state index contributed by atoms with van der Waals surface area (Å²) in [5, 5.41) is 0. The maximum atomic E-state index is 11.0. The normalized spacial score (nSPS) is 11.4. The Labute approximate surface area is 103 Å². The predicted octanol–water partition coefficient (Wildman–Crippen LogP) is 2.26. The zero-order chi connectivity index (χ0) is 14.1. The quantitative estimate of drug-likeness (QED) is 0.355. The van der Waals surface area contributed by atoms with Crippen molar-refractivity contribution >= 4 is 11.7 Å². The van der Waals surface area contributed by atoms with Crippen LogP contribution in [0.5, 0.6) is 0 Å². The van der Waals surface area contributed by atoms with Gasteiger partial charge >= 0.3 is 5.97 Å². The molecule has 0 saturated carbocycles. The Morgan fingerprint density at radius 1 is 1.53 bits per heavy atom. The van der Waals surface area contributed by atoms with Gasteiger partial charge in [0.2, 0.25) is 0 Å². The minimum atomic E-state index is -0.522. The standard InChI is InChI=1S/C13H15NO3/c1-3-16-13(15)9-10-17-14-11(2)12-7-5-4-6-8-12/h4-10,14H,2-3H2,1H3/b10-9+/i2D2. The number of carbonyl (C=O) groups is 1. The maximum Gasteiger partial charge on any atom is 0.333 e. The SMILES string of the molecule is [2H]C([2H])=C(NO/C=C/C(=O)OCC)c1ccccc1. The molecule has 0 aliphatic heterocycles. The Balaban J connectivity index is 2.59. The molecule has 0 aliphatic carbocycles. The van der Waals surface area contributed by atoms with Gasteiger partial charge in [0.15, 0.2) is 0 Å². The van der Waals surface area contributed by atoms with E-state index in [0.717, 1.165) is 12.3 Å². The van der Waals surface area contributed by atoms with E-state index in [9.17, 15) is 4.79 Å². The van der Waals surface area contributed by atoms with Crippen LogP contribution in [0.4, 0.5) is 0 Å². The summed E-state index contributed by atoms with van der Waals surface area (Å²) in [7, 11) is 0. The van der Waals surface area contributed by atoms with E-state index in [1.54, 1.807) is 31.2 Å². The Morgan fingerprint density at radius 3 is 2.94 bits per heavy atom. The van der Waals surface area contributed by atoms with Gasteiger partial charge in [0.05, 0.1) is 21.1 Å². The molecule has 0 fully saturated rings. The van der Waals surface area contributed by atoms with Crippen molar-refractivity contribution < 1.29 is 17.1 Å². The van der Waals surface area contributed by atoms with Crippen LogP contribution in [0.2, 0.25) is 0 Å². The maximum absolute atomic E-state index is 11.0. The lowest BCUT2D eigenvalue weighted by atomic mass is 10.2. The molecule has 90 valence electrons. The molecular formula is C13H15NO3. The van der Waals surface area contributed by atoms with Crippen molar-refractivity contribution in [1.82, 2.24) is 5.48 Å². The average Bonchev–Trinajstić information content (AvgIpc) is 2.39. The van der Waals surface area contributed by atoms with E-state index in [2.05, 4.69) is 10.2 Å². The summed E-state index contributed by atoms with van der Waals surface area (Å²) in [6, 6.07) is 8.88. The van der Waals surface area contributed by atoms with Crippen molar-refractivity contribution in [2.75, 3.05) is 6.61 Å². The van der Waals surface area contributed by atoms with Gasteiger partial charge in [0, 0.05) is 5.56 Å². The van der Waals surface area contributed by atoms with Crippen LogP contribution in [0.25, 0.3) is 5.70 Å². The van der Waals surface area contributed by atoms with Crippen LogP contribution < -0.4 is 5.48 Å². The van der Waals surface area contributed by atoms with E-state index >= 15 is 0 Å². The third-order valence-electron chi connectivity index (χ3n) is 1.78. The number of ether oxygens (including phenoxy) is 1. The van der Waals surface area contributed by atoms with Crippen LogP contribution in [0, 0.1) is 0 Å². The number of hydroxylamine groups is 1. The highest BCUT2D eigenvalue weighted by Gasteiger charge is 1.96. The Hall–Kier alpha value is -2.23. The fourth-order valence-corrected chi connectivity index (χ4v) is 1.04. The first-order valence-corrected chi connectivity index (χ1v) is 5.13. The molecule has 1 N–H and O–H groups in total. The van der Waals surface area contributed by atoms with Gasteiger partial charge < -0.3 is 9.57 Å². The third-order valence-corrected chi connectivity index (χ3v) is 1.78. The number of esters is 1. The summed E-state index contributed by atoms with van der Waals surface area (Å²) >= 11 is 0. The molecule has 4 heteroatoms. The molecule has 0 amide bonds. The van der Waals surface area contributed by atoms with Crippen LogP contribution in [-0.2, 0) is 14.4 Å². The molecule has 1 aromatic carbocycles. The van der Waals surface area contributed by atoms with Crippen LogP contribution in [0.15, 0.2) is 49.2 Å². The van der Waals surface area contributed by atoms with E-state index in [4.69, 9.17) is 7.58 Å². The van der Waals surface area contributed by atoms with Gasteiger partial charge in [0.1, 0.15) is 6.26 Å². The molecule has 0 unspecified atom stereocenters. The Kier molecular flexibility index (Phi) is 4.17.